The first-order valence-corrected chi connectivity index (χ1v) is 8.80. The molecule has 23 heavy (non-hydrogen) atoms. The number of nitrogens with zero attached hydrogens (tertiary/aromatic N) is 1. The number of carbonyl (C=O) groups excluding carboxylic acids is 1. The Hall–Kier alpha value is -1.43. The van der Waals surface area contributed by atoms with E-state index in [1.807, 2.05) is 31.2 Å². The van der Waals surface area contributed by atoms with Gasteiger partial charge in [0.05, 0.1) is 15.8 Å². The van der Waals surface area contributed by atoms with Crippen LogP contribution in [0.4, 0.5) is 5.82 Å². The molecule has 0 radical (unpaired) electrons. The number of benzene rings is 1. The van der Waals surface area contributed by atoms with Crippen LogP contribution in [-0.4, -0.2) is 29.7 Å². The van der Waals surface area contributed by atoms with Gasteiger partial charge >= 0.3 is 0 Å². The first kappa shape index (κ1) is 17.9. The Balaban J connectivity index is 1.65. The van der Waals surface area contributed by atoms with E-state index in [0.717, 1.165) is 4.90 Å². The van der Waals surface area contributed by atoms with Gasteiger partial charge in [-0.15, -0.1) is 11.8 Å². The highest BCUT2D eigenvalue weighted by atomic mass is 35.5. The second kappa shape index (κ2) is 9.01. The van der Waals surface area contributed by atoms with Crippen LogP contribution in [0.1, 0.15) is 5.56 Å². The summed E-state index contributed by atoms with van der Waals surface area (Å²) in [5.41, 5.74) is 1.21. The Morgan fingerprint density at radius 2 is 1.96 bits per heavy atom. The summed E-state index contributed by atoms with van der Waals surface area (Å²) in [6.45, 7) is 3.07. The van der Waals surface area contributed by atoms with Gasteiger partial charge in [-0.25, -0.2) is 4.98 Å². The Morgan fingerprint density at radius 3 is 2.65 bits per heavy atom. The van der Waals surface area contributed by atoms with Gasteiger partial charge in [0, 0.05) is 24.2 Å². The van der Waals surface area contributed by atoms with Crippen molar-refractivity contribution in [1.29, 1.82) is 0 Å². The predicted molar refractivity (Wildman–Crippen MR) is 97.7 cm³/mol. The maximum absolute atomic E-state index is 11.8. The van der Waals surface area contributed by atoms with Gasteiger partial charge in [0.1, 0.15) is 5.82 Å². The van der Waals surface area contributed by atoms with Crippen LogP contribution in [0.3, 0.4) is 0 Å². The molecule has 122 valence electrons. The summed E-state index contributed by atoms with van der Waals surface area (Å²) in [5.74, 6) is 0.940. The number of anilines is 1. The number of pyridine rings is 1. The largest absolute Gasteiger partial charge is 0.367 e. The number of aromatic nitrogens is 1. The number of aryl methyl sites for hydroxylation is 1. The van der Waals surface area contributed by atoms with Gasteiger partial charge < -0.3 is 10.6 Å². The first-order valence-electron chi connectivity index (χ1n) is 7.05. The topological polar surface area (TPSA) is 54.0 Å². The van der Waals surface area contributed by atoms with Crippen LogP contribution in [0, 0.1) is 6.92 Å². The Labute approximate surface area is 150 Å². The average molecular weight is 370 g/mol. The molecule has 0 fully saturated rings. The molecule has 2 N–H and O–H groups in total. The van der Waals surface area contributed by atoms with Crippen molar-refractivity contribution in [3.05, 3.63) is 52.1 Å². The van der Waals surface area contributed by atoms with Gasteiger partial charge in [-0.2, -0.15) is 0 Å². The lowest BCUT2D eigenvalue weighted by Crippen LogP contribution is -2.30. The molecular formula is C16H17Cl2N3OS. The van der Waals surface area contributed by atoms with E-state index in [4.69, 9.17) is 23.2 Å². The highest BCUT2D eigenvalue weighted by Crippen LogP contribution is 2.22. The molecule has 0 bridgehead atoms. The Bertz CT molecular complexity index is 665. The second-order valence-electron chi connectivity index (χ2n) is 4.86. The fraction of sp³-hybridized carbons (Fsp3) is 0.250. The Kier molecular flexibility index (Phi) is 7.02. The molecular weight excluding hydrogens is 353 g/mol. The van der Waals surface area contributed by atoms with Crippen molar-refractivity contribution in [2.24, 2.45) is 0 Å². The zero-order valence-electron chi connectivity index (χ0n) is 12.6. The number of hydrogen-bond acceptors (Lipinski definition) is 4. The molecule has 1 amide bonds. The molecule has 0 aliphatic carbocycles. The van der Waals surface area contributed by atoms with E-state index in [-0.39, 0.29) is 5.91 Å². The summed E-state index contributed by atoms with van der Waals surface area (Å²) in [6.07, 6.45) is 1.52. The number of carbonyl (C=O) groups is 1. The molecule has 1 aromatic carbocycles. The van der Waals surface area contributed by atoms with Crippen LogP contribution in [-0.2, 0) is 4.79 Å². The molecule has 1 aromatic heterocycles. The summed E-state index contributed by atoms with van der Waals surface area (Å²) in [7, 11) is 0. The summed E-state index contributed by atoms with van der Waals surface area (Å²) in [6, 6.07) is 9.72. The smallest absolute Gasteiger partial charge is 0.230 e. The van der Waals surface area contributed by atoms with Gasteiger partial charge in [-0.3, -0.25) is 4.79 Å². The molecule has 2 rings (SSSR count). The van der Waals surface area contributed by atoms with Crippen LogP contribution in [0.2, 0.25) is 10.0 Å². The molecule has 0 unspecified atom stereocenters. The number of hydrogen-bond donors (Lipinski definition) is 2. The molecule has 0 saturated heterocycles. The van der Waals surface area contributed by atoms with Crippen LogP contribution in [0.25, 0.3) is 0 Å². The van der Waals surface area contributed by atoms with Crippen LogP contribution < -0.4 is 10.6 Å². The number of halogens is 2. The zero-order chi connectivity index (χ0) is 16.7. The minimum atomic E-state index is -0.00691. The van der Waals surface area contributed by atoms with E-state index in [1.165, 1.54) is 23.5 Å². The van der Waals surface area contributed by atoms with Crippen molar-refractivity contribution < 1.29 is 4.79 Å². The standard InChI is InChI=1S/C16H17Cl2N3OS/c1-11-2-4-13(5-3-11)23-10-15(22)19-6-7-20-16-14(18)8-12(17)9-21-16/h2-5,8-9H,6-7,10H2,1H3,(H,19,22)(H,20,21). The Morgan fingerprint density at radius 1 is 1.22 bits per heavy atom. The summed E-state index contributed by atoms with van der Waals surface area (Å²) >= 11 is 13.3. The highest BCUT2D eigenvalue weighted by molar-refractivity contribution is 8.00. The molecule has 2 aromatic rings. The quantitative estimate of drug-likeness (QED) is 0.571. The van der Waals surface area contributed by atoms with Crippen LogP contribution >= 0.6 is 35.0 Å². The third kappa shape index (κ3) is 6.29. The molecule has 0 saturated carbocycles. The first-order chi connectivity index (χ1) is 11.0. The second-order valence-corrected chi connectivity index (χ2v) is 6.75. The monoisotopic (exact) mass is 369 g/mol. The maximum Gasteiger partial charge on any atom is 0.230 e. The van der Waals surface area contributed by atoms with E-state index in [2.05, 4.69) is 15.6 Å². The zero-order valence-corrected chi connectivity index (χ0v) is 14.9. The van der Waals surface area contributed by atoms with E-state index in [0.29, 0.717) is 34.7 Å². The fourth-order valence-electron chi connectivity index (χ4n) is 1.76. The molecule has 0 atom stereocenters. The lowest BCUT2D eigenvalue weighted by molar-refractivity contribution is -0.118. The highest BCUT2D eigenvalue weighted by Gasteiger charge is 2.04. The van der Waals surface area contributed by atoms with E-state index < -0.39 is 0 Å². The van der Waals surface area contributed by atoms with Gasteiger partial charge in [0.15, 0.2) is 0 Å². The fourth-order valence-corrected chi connectivity index (χ4v) is 2.94. The van der Waals surface area contributed by atoms with E-state index in [1.54, 1.807) is 6.07 Å². The van der Waals surface area contributed by atoms with Gasteiger partial charge in [0.25, 0.3) is 0 Å². The predicted octanol–water partition coefficient (Wildman–Crippen LogP) is 4.02. The molecule has 4 nitrogen and oxygen atoms in total. The number of nitrogens with one attached hydrogen (secondary N) is 2. The van der Waals surface area contributed by atoms with Crippen LogP contribution in [0.15, 0.2) is 41.4 Å². The van der Waals surface area contributed by atoms with Crippen molar-refractivity contribution in [3.63, 3.8) is 0 Å². The minimum absolute atomic E-state index is 0.00691. The van der Waals surface area contributed by atoms with Crippen molar-refractivity contribution >= 4 is 46.7 Å². The number of amides is 1. The van der Waals surface area contributed by atoms with Gasteiger partial charge in [0.2, 0.25) is 5.91 Å². The van der Waals surface area contributed by atoms with E-state index in [9.17, 15) is 4.79 Å². The van der Waals surface area contributed by atoms with Crippen molar-refractivity contribution in [2.75, 3.05) is 24.2 Å². The minimum Gasteiger partial charge on any atom is -0.367 e. The van der Waals surface area contributed by atoms with Gasteiger partial charge in [-0.05, 0) is 25.1 Å². The lowest BCUT2D eigenvalue weighted by Gasteiger charge is -2.09. The molecule has 1 heterocycles. The normalized spacial score (nSPS) is 10.4. The van der Waals surface area contributed by atoms with Crippen molar-refractivity contribution in [1.82, 2.24) is 10.3 Å². The lowest BCUT2D eigenvalue weighted by atomic mass is 10.2. The van der Waals surface area contributed by atoms with Crippen molar-refractivity contribution in [2.45, 2.75) is 11.8 Å². The maximum atomic E-state index is 11.8. The molecule has 0 spiro atoms. The third-order valence-electron chi connectivity index (χ3n) is 2.94. The number of thioether (sulfide) groups is 1. The molecule has 7 heteroatoms. The molecule has 0 aliphatic heterocycles. The summed E-state index contributed by atoms with van der Waals surface area (Å²) in [5, 5.41) is 6.84. The average Bonchev–Trinajstić information content (AvgIpc) is 2.52. The summed E-state index contributed by atoms with van der Waals surface area (Å²) in [4.78, 5) is 17.0. The van der Waals surface area contributed by atoms with E-state index >= 15 is 0 Å². The molecule has 0 aliphatic rings. The SMILES string of the molecule is Cc1ccc(SCC(=O)NCCNc2ncc(Cl)cc2Cl)cc1. The van der Waals surface area contributed by atoms with Crippen LogP contribution in [0.5, 0.6) is 0 Å². The third-order valence-corrected chi connectivity index (χ3v) is 4.45. The van der Waals surface area contributed by atoms with Gasteiger partial charge in [-0.1, -0.05) is 40.9 Å². The summed E-state index contributed by atoms with van der Waals surface area (Å²) < 4.78 is 0. The number of rotatable bonds is 7. The van der Waals surface area contributed by atoms with Crippen molar-refractivity contribution in [3.8, 4) is 0 Å².